The number of allylic oxidation sites excluding steroid dienone is 1. The van der Waals surface area contributed by atoms with Crippen molar-refractivity contribution in [2.45, 2.75) is 33.4 Å². The zero-order valence-electron chi connectivity index (χ0n) is 20.6. The van der Waals surface area contributed by atoms with Gasteiger partial charge in [0.15, 0.2) is 0 Å². The van der Waals surface area contributed by atoms with Crippen LogP contribution in [-0.2, 0) is 6.54 Å². The van der Waals surface area contributed by atoms with Crippen LogP contribution in [0.1, 0.15) is 42.5 Å². The minimum atomic E-state index is -0.416. The summed E-state index contributed by atoms with van der Waals surface area (Å²) in [4.78, 5) is 19.7. The van der Waals surface area contributed by atoms with Crippen molar-refractivity contribution < 1.29 is 14.1 Å². The average Bonchev–Trinajstić information content (AvgIpc) is 3.38. The van der Waals surface area contributed by atoms with Crippen LogP contribution in [0.5, 0.6) is 5.75 Å². The first-order valence-corrected chi connectivity index (χ1v) is 12.0. The highest BCUT2D eigenvalue weighted by atomic mass is 16.5. The second kappa shape index (κ2) is 10.1. The second-order valence-corrected chi connectivity index (χ2v) is 8.75. The van der Waals surface area contributed by atoms with Gasteiger partial charge < -0.3 is 14.6 Å². The molecule has 182 valence electrons. The van der Waals surface area contributed by atoms with E-state index < -0.39 is 6.04 Å². The number of carbonyl (C=O) groups excluding carboxylic acids is 1. The number of benzene rings is 3. The molecule has 1 N–H and O–H groups in total. The molecule has 36 heavy (non-hydrogen) atoms. The van der Waals surface area contributed by atoms with E-state index in [2.05, 4.69) is 10.5 Å². The summed E-state index contributed by atoms with van der Waals surface area (Å²) in [5.41, 5.74) is 5.46. The first-order valence-electron chi connectivity index (χ1n) is 12.0. The lowest BCUT2D eigenvalue weighted by Crippen LogP contribution is -2.45. The van der Waals surface area contributed by atoms with Gasteiger partial charge in [0.05, 0.1) is 24.8 Å². The number of hydrogen-bond donors (Lipinski definition) is 1. The number of carbonyl (C=O) groups is 1. The second-order valence-electron chi connectivity index (χ2n) is 8.75. The Morgan fingerprint density at radius 1 is 1.00 bits per heavy atom. The summed E-state index contributed by atoms with van der Waals surface area (Å²) < 4.78 is 11.3. The van der Waals surface area contributed by atoms with E-state index in [-0.39, 0.29) is 6.03 Å². The number of hydrogen-bond acceptors (Lipinski definition) is 5. The van der Waals surface area contributed by atoms with E-state index in [1.807, 2.05) is 99.6 Å². The van der Waals surface area contributed by atoms with Crippen molar-refractivity contribution in [1.29, 1.82) is 0 Å². The fourth-order valence-corrected chi connectivity index (χ4v) is 4.42. The molecular weight excluding hydrogens is 452 g/mol. The van der Waals surface area contributed by atoms with Crippen molar-refractivity contribution in [2.75, 3.05) is 6.61 Å². The average molecular weight is 481 g/mol. The molecule has 1 aliphatic rings. The number of nitrogens with zero attached hydrogens (tertiary/aromatic N) is 3. The number of amides is 2. The molecule has 0 aliphatic carbocycles. The first kappa shape index (κ1) is 23.4. The Labute approximate surface area is 210 Å². The van der Waals surface area contributed by atoms with Gasteiger partial charge in [-0.15, -0.1) is 0 Å². The van der Waals surface area contributed by atoms with Gasteiger partial charge in [0.2, 0.25) is 5.82 Å². The summed E-state index contributed by atoms with van der Waals surface area (Å²) in [7, 11) is 0. The number of aryl methyl sites for hydroxylation is 1. The third-order valence-electron chi connectivity index (χ3n) is 6.24. The molecule has 2 amide bonds. The zero-order valence-corrected chi connectivity index (χ0v) is 20.6. The summed E-state index contributed by atoms with van der Waals surface area (Å²) in [5, 5.41) is 7.40. The van der Waals surface area contributed by atoms with Crippen LogP contribution in [0.25, 0.3) is 17.0 Å². The molecule has 7 nitrogen and oxygen atoms in total. The molecule has 1 unspecified atom stereocenters. The van der Waals surface area contributed by atoms with E-state index in [0.29, 0.717) is 24.9 Å². The van der Waals surface area contributed by atoms with Gasteiger partial charge in [-0.05, 0) is 50.1 Å². The smallest absolute Gasteiger partial charge is 0.322 e. The lowest BCUT2D eigenvalue weighted by Gasteiger charge is -2.35. The SMILES string of the molecule is CCOc1ccc(CN2C(=O)NC(c3ccccc3)C(c3nc(-c4cccc(C)c4)no3)=C2C)cc1. The van der Waals surface area contributed by atoms with Crippen LogP contribution in [0.4, 0.5) is 4.79 Å². The Morgan fingerprint density at radius 3 is 2.50 bits per heavy atom. The van der Waals surface area contributed by atoms with Crippen LogP contribution in [0.3, 0.4) is 0 Å². The number of rotatable bonds is 7. The predicted molar refractivity (Wildman–Crippen MR) is 138 cm³/mol. The topological polar surface area (TPSA) is 80.5 Å². The fourth-order valence-electron chi connectivity index (χ4n) is 4.42. The van der Waals surface area contributed by atoms with Crippen LogP contribution in [0, 0.1) is 6.92 Å². The number of nitrogens with one attached hydrogen (secondary N) is 1. The van der Waals surface area contributed by atoms with Crippen LogP contribution in [0.2, 0.25) is 0 Å². The summed E-state index contributed by atoms with van der Waals surface area (Å²) >= 11 is 0. The highest BCUT2D eigenvalue weighted by molar-refractivity contribution is 5.86. The minimum absolute atomic E-state index is 0.183. The highest BCUT2D eigenvalue weighted by Crippen LogP contribution is 2.38. The molecule has 0 saturated heterocycles. The van der Waals surface area contributed by atoms with Gasteiger partial charge >= 0.3 is 6.03 Å². The van der Waals surface area contributed by atoms with Crippen molar-refractivity contribution in [2.24, 2.45) is 0 Å². The van der Waals surface area contributed by atoms with Gasteiger partial charge in [-0.1, -0.05) is 71.4 Å². The zero-order chi connectivity index (χ0) is 25.1. The van der Waals surface area contributed by atoms with Crippen LogP contribution >= 0.6 is 0 Å². The Balaban J connectivity index is 1.54. The maximum absolute atomic E-state index is 13.3. The summed E-state index contributed by atoms with van der Waals surface area (Å²) in [6, 6.07) is 25.0. The van der Waals surface area contributed by atoms with Crippen molar-refractivity contribution in [3.8, 4) is 17.1 Å². The Morgan fingerprint density at radius 2 is 1.78 bits per heavy atom. The van der Waals surface area contributed by atoms with Gasteiger partial charge in [-0.3, -0.25) is 4.90 Å². The lowest BCUT2D eigenvalue weighted by molar-refractivity contribution is 0.203. The first-order chi connectivity index (χ1) is 17.5. The van der Waals surface area contributed by atoms with E-state index in [1.54, 1.807) is 4.90 Å². The number of urea groups is 1. The molecular formula is C29H28N4O3. The molecule has 1 aromatic heterocycles. The maximum atomic E-state index is 13.3. The van der Waals surface area contributed by atoms with Crippen LogP contribution in [0.15, 0.2) is 89.1 Å². The van der Waals surface area contributed by atoms with Crippen LogP contribution < -0.4 is 10.1 Å². The maximum Gasteiger partial charge on any atom is 0.322 e. The Bertz CT molecular complexity index is 1390. The van der Waals surface area contributed by atoms with E-state index in [9.17, 15) is 4.79 Å². The van der Waals surface area contributed by atoms with E-state index in [0.717, 1.165) is 39.3 Å². The normalized spacial score (nSPS) is 15.7. The van der Waals surface area contributed by atoms with E-state index in [4.69, 9.17) is 14.2 Å². The third-order valence-corrected chi connectivity index (χ3v) is 6.24. The van der Waals surface area contributed by atoms with Crippen LogP contribution in [-0.4, -0.2) is 27.7 Å². The third kappa shape index (κ3) is 4.73. The van der Waals surface area contributed by atoms with Crippen molar-refractivity contribution in [1.82, 2.24) is 20.4 Å². The molecule has 4 aromatic rings. The molecule has 3 aromatic carbocycles. The molecule has 0 spiro atoms. The van der Waals surface area contributed by atoms with Gasteiger partial charge in [0.1, 0.15) is 5.75 Å². The van der Waals surface area contributed by atoms with E-state index in [1.165, 1.54) is 0 Å². The van der Waals surface area contributed by atoms with Crippen molar-refractivity contribution >= 4 is 11.6 Å². The largest absolute Gasteiger partial charge is 0.494 e. The minimum Gasteiger partial charge on any atom is -0.494 e. The Hall–Kier alpha value is -4.39. The van der Waals surface area contributed by atoms with Gasteiger partial charge in [0.25, 0.3) is 5.89 Å². The molecule has 7 heteroatoms. The lowest BCUT2D eigenvalue weighted by atomic mass is 9.94. The molecule has 0 radical (unpaired) electrons. The molecule has 1 atom stereocenters. The van der Waals surface area contributed by atoms with Gasteiger partial charge in [0, 0.05) is 11.3 Å². The highest BCUT2D eigenvalue weighted by Gasteiger charge is 2.35. The quantitative estimate of drug-likeness (QED) is 0.344. The number of ether oxygens (including phenoxy) is 1. The van der Waals surface area contributed by atoms with Crippen molar-refractivity contribution in [3.05, 3.63) is 107 Å². The van der Waals surface area contributed by atoms with Gasteiger partial charge in [-0.2, -0.15) is 4.98 Å². The number of aromatic nitrogens is 2. The monoisotopic (exact) mass is 480 g/mol. The molecule has 5 rings (SSSR count). The molecule has 2 heterocycles. The molecule has 1 aliphatic heterocycles. The predicted octanol–water partition coefficient (Wildman–Crippen LogP) is 6.14. The molecule has 0 fully saturated rings. The van der Waals surface area contributed by atoms with E-state index >= 15 is 0 Å². The summed E-state index contributed by atoms with van der Waals surface area (Å²) in [6.45, 7) is 6.91. The molecule has 0 saturated carbocycles. The summed E-state index contributed by atoms with van der Waals surface area (Å²) in [5.74, 6) is 1.70. The Kier molecular flexibility index (Phi) is 6.54. The standard InChI is InChI=1S/C29H28N4O3/c1-4-35-24-15-13-21(14-16-24)18-33-20(3)25(26(30-29(33)34)22-10-6-5-7-11-22)28-31-27(32-36-28)23-12-8-9-19(2)17-23/h5-17,26H,4,18H2,1-3H3,(H,30,34). The van der Waals surface area contributed by atoms with Gasteiger partial charge in [-0.25, -0.2) is 4.79 Å². The molecule has 0 bridgehead atoms. The summed E-state index contributed by atoms with van der Waals surface area (Å²) in [6.07, 6.45) is 0. The fraction of sp³-hybridized carbons (Fsp3) is 0.207. The van der Waals surface area contributed by atoms with Crippen molar-refractivity contribution in [3.63, 3.8) is 0 Å².